The van der Waals surface area contributed by atoms with E-state index in [1.165, 1.54) is 19.1 Å². The summed E-state index contributed by atoms with van der Waals surface area (Å²) < 4.78 is 22.1. The minimum atomic E-state index is -2.03. The van der Waals surface area contributed by atoms with Crippen LogP contribution in [0.2, 0.25) is 0 Å². The Bertz CT molecular complexity index is 961. The van der Waals surface area contributed by atoms with Crippen LogP contribution in [0, 0.1) is 28.6 Å². The summed E-state index contributed by atoms with van der Waals surface area (Å²) >= 11 is 0. The topological polar surface area (TPSA) is 127 Å². The molecule has 4 N–H and O–H groups in total. The molecular formula is C25H34FNO6. The zero-order chi connectivity index (χ0) is 24.6. The minimum Gasteiger partial charge on any atom is -0.456 e. The first-order valence-electron chi connectivity index (χ1n) is 11.7. The molecule has 0 amide bonds. The number of ether oxygens (including phenoxy) is 1. The number of nitrogens with two attached hydrogens (primary N) is 1. The molecule has 0 heterocycles. The van der Waals surface area contributed by atoms with Crippen LogP contribution in [0.3, 0.4) is 0 Å². The molecule has 0 aromatic heterocycles. The molecule has 182 valence electrons. The summed E-state index contributed by atoms with van der Waals surface area (Å²) in [5.41, 5.74) is 0.0215. The van der Waals surface area contributed by atoms with Gasteiger partial charge in [0.1, 0.15) is 11.6 Å². The molecule has 7 nitrogen and oxygen atoms in total. The van der Waals surface area contributed by atoms with Gasteiger partial charge < -0.3 is 20.7 Å². The van der Waals surface area contributed by atoms with Crippen molar-refractivity contribution in [1.82, 2.24) is 0 Å². The quantitative estimate of drug-likeness (QED) is 0.543. The van der Waals surface area contributed by atoms with Gasteiger partial charge in [0.05, 0.1) is 6.10 Å². The average Bonchev–Trinajstić information content (AvgIpc) is 2.94. The van der Waals surface area contributed by atoms with Crippen molar-refractivity contribution in [3.8, 4) is 0 Å². The number of hydrogen-bond acceptors (Lipinski definition) is 7. The van der Waals surface area contributed by atoms with Crippen molar-refractivity contribution in [2.75, 3.05) is 6.61 Å². The summed E-state index contributed by atoms with van der Waals surface area (Å²) in [7, 11) is 0. The number of ketones is 2. The Balaban J connectivity index is 1.70. The number of carbonyl (C=O) groups excluding carboxylic acids is 3. The lowest BCUT2D eigenvalue weighted by Gasteiger charge is -2.62. The van der Waals surface area contributed by atoms with E-state index in [2.05, 4.69) is 0 Å². The number of alkyl halides is 1. The molecule has 4 rings (SSSR count). The number of carbonyl (C=O) groups is 3. The van der Waals surface area contributed by atoms with Crippen molar-refractivity contribution in [1.29, 1.82) is 0 Å². The van der Waals surface area contributed by atoms with Crippen molar-refractivity contribution >= 4 is 17.5 Å². The van der Waals surface area contributed by atoms with Gasteiger partial charge in [0, 0.05) is 16.7 Å². The van der Waals surface area contributed by atoms with E-state index in [0.29, 0.717) is 24.8 Å². The monoisotopic (exact) mass is 463 g/mol. The molecule has 4 aliphatic rings. The number of rotatable bonds is 4. The molecule has 0 radical (unpaired) electrons. The second-order valence-corrected chi connectivity index (χ2v) is 11.0. The van der Waals surface area contributed by atoms with E-state index >= 15 is 4.39 Å². The van der Waals surface area contributed by atoms with Crippen LogP contribution in [-0.4, -0.2) is 57.8 Å². The van der Waals surface area contributed by atoms with Crippen molar-refractivity contribution in [2.45, 2.75) is 76.8 Å². The zero-order valence-corrected chi connectivity index (χ0v) is 19.6. The summed E-state index contributed by atoms with van der Waals surface area (Å²) in [5, 5.41) is 23.1. The predicted octanol–water partition coefficient (Wildman–Crippen LogP) is 1.79. The maximum atomic E-state index is 17.1. The van der Waals surface area contributed by atoms with E-state index in [1.807, 2.05) is 0 Å². The molecule has 33 heavy (non-hydrogen) atoms. The molecule has 0 bridgehead atoms. The van der Waals surface area contributed by atoms with Crippen LogP contribution in [0.4, 0.5) is 4.39 Å². The third-order valence-electron chi connectivity index (χ3n) is 9.36. The van der Waals surface area contributed by atoms with Gasteiger partial charge in [-0.3, -0.25) is 14.4 Å². The highest BCUT2D eigenvalue weighted by atomic mass is 19.1. The molecule has 0 aliphatic heterocycles. The number of aliphatic hydroxyl groups excluding tert-OH is 1. The Morgan fingerprint density at radius 3 is 2.64 bits per heavy atom. The first-order chi connectivity index (χ1) is 15.2. The number of esters is 1. The van der Waals surface area contributed by atoms with Gasteiger partial charge in [-0.05, 0) is 63.5 Å². The van der Waals surface area contributed by atoms with Crippen LogP contribution in [0.1, 0.15) is 53.4 Å². The molecular weight excluding hydrogens is 429 g/mol. The Morgan fingerprint density at radius 2 is 2.00 bits per heavy atom. The number of aliphatic hydroxyl groups is 2. The van der Waals surface area contributed by atoms with E-state index < -0.39 is 64.4 Å². The Labute approximate surface area is 193 Å². The average molecular weight is 464 g/mol. The highest BCUT2D eigenvalue weighted by Gasteiger charge is 2.75. The van der Waals surface area contributed by atoms with Gasteiger partial charge in [0.15, 0.2) is 18.1 Å². The Kier molecular flexibility index (Phi) is 5.54. The van der Waals surface area contributed by atoms with E-state index in [9.17, 15) is 24.6 Å². The van der Waals surface area contributed by atoms with Crippen molar-refractivity contribution in [2.24, 2.45) is 34.3 Å². The molecule has 3 saturated carbocycles. The van der Waals surface area contributed by atoms with Crippen molar-refractivity contribution in [3.05, 3.63) is 23.8 Å². The first-order valence-corrected chi connectivity index (χ1v) is 11.7. The van der Waals surface area contributed by atoms with Crippen LogP contribution in [0.5, 0.6) is 0 Å². The normalized spacial score (nSPS) is 47.2. The summed E-state index contributed by atoms with van der Waals surface area (Å²) in [4.78, 5) is 36.9. The van der Waals surface area contributed by atoms with Crippen LogP contribution in [-0.2, 0) is 19.1 Å². The van der Waals surface area contributed by atoms with Gasteiger partial charge in [-0.1, -0.05) is 25.5 Å². The lowest BCUT2D eigenvalue weighted by molar-refractivity contribution is -0.220. The fourth-order valence-corrected chi connectivity index (χ4v) is 7.52. The number of fused-ring (bicyclic) bond motifs is 5. The second kappa shape index (κ2) is 7.55. The third-order valence-corrected chi connectivity index (χ3v) is 9.36. The molecule has 0 aromatic carbocycles. The van der Waals surface area contributed by atoms with E-state index in [4.69, 9.17) is 10.5 Å². The molecule has 9 atom stereocenters. The number of hydrogen-bond donors (Lipinski definition) is 3. The lowest BCUT2D eigenvalue weighted by Crippen LogP contribution is -2.69. The second-order valence-electron chi connectivity index (χ2n) is 11.0. The van der Waals surface area contributed by atoms with Crippen LogP contribution in [0.15, 0.2) is 23.8 Å². The van der Waals surface area contributed by atoms with Crippen LogP contribution >= 0.6 is 0 Å². The van der Waals surface area contributed by atoms with Gasteiger partial charge in [-0.2, -0.15) is 0 Å². The Hall–Kier alpha value is -1.90. The zero-order valence-electron chi connectivity index (χ0n) is 19.6. The number of halogens is 1. The smallest absolute Gasteiger partial charge is 0.323 e. The maximum Gasteiger partial charge on any atom is 0.323 e. The summed E-state index contributed by atoms with van der Waals surface area (Å²) in [6.45, 7) is 6.03. The SMILES string of the molecule is CC(N)C(=O)OCC(=O)[C@@]1(O)[C@H](C)C[C@H]2[C@@H]3CCC4=CC(=O)C=C[C@]4(C)[C@@]3(F)[C@@H](O)C[C@@]21C. The van der Waals surface area contributed by atoms with E-state index in [-0.39, 0.29) is 18.1 Å². The first kappa shape index (κ1) is 24.2. The third kappa shape index (κ3) is 2.99. The van der Waals surface area contributed by atoms with E-state index in [0.717, 1.165) is 0 Å². The van der Waals surface area contributed by atoms with Crippen molar-refractivity contribution in [3.63, 3.8) is 0 Å². The Morgan fingerprint density at radius 1 is 1.33 bits per heavy atom. The predicted molar refractivity (Wildman–Crippen MR) is 117 cm³/mol. The molecule has 8 heteroatoms. The molecule has 0 saturated heterocycles. The fourth-order valence-electron chi connectivity index (χ4n) is 7.52. The number of allylic oxidation sites excluding steroid dienone is 4. The van der Waals surface area contributed by atoms with Crippen LogP contribution < -0.4 is 5.73 Å². The van der Waals surface area contributed by atoms with Crippen LogP contribution in [0.25, 0.3) is 0 Å². The highest BCUT2D eigenvalue weighted by molar-refractivity contribution is 6.01. The molecule has 0 aromatic rings. The highest BCUT2D eigenvalue weighted by Crippen LogP contribution is 2.70. The van der Waals surface area contributed by atoms with Gasteiger partial charge in [0.2, 0.25) is 5.78 Å². The minimum absolute atomic E-state index is 0.122. The molecule has 4 aliphatic carbocycles. The van der Waals surface area contributed by atoms with E-state index in [1.54, 1.807) is 26.8 Å². The number of Topliss-reactive ketones (excluding diaryl/α,β-unsaturated/α-hetero) is 1. The van der Waals surface area contributed by atoms with Gasteiger partial charge >= 0.3 is 5.97 Å². The van der Waals surface area contributed by atoms with Gasteiger partial charge in [0.25, 0.3) is 0 Å². The molecule has 3 fully saturated rings. The van der Waals surface area contributed by atoms with Gasteiger partial charge in [-0.25, -0.2) is 4.39 Å². The largest absolute Gasteiger partial charge is 0.456 e. The summed E-state index contributed by atoms with van der Waals surface area (Å²) in [6.07, 6.45) is 4.16. The standard InChI is InChI=1S/C25H34FNO6/c1-13-9-18-17-6-5-15-10-16(28)7-8-22(15,3)24(17,26)19(29)11-23(18,4)25(13,32)20(30)12-33-21(31)14(2)27/h7-8,10,13-14,17-19,29,32H,5-6,9,11-12,27H2,1-4H3/t13-,14?,17+,18+,19+,22+,23+,24+,25+/m1/s1. The lowest BCUT2D eigenvalue weighted by atomic mass is 9.44. The maximum absolute atomic E-state index is 17.1. The molecule has 0 spiro atoms. The summed E-state index contributed by atoms with van der Waals surface area (Å²) in [6, 6.07) is -0.902. The fraction of sp³-hybridized carbons (Fsp3) is 0.720. The van der Waals surface area contributed by atoms with Gasteiger partial charge in [-0.15, -0.1) is 0 Å². The van der Waals surface area contributed by atoms with Crippen molar-refractivity contribution < 1.29 is 33.7 Å². The molecule has 1 unspecified atom stereocenters. The summed E-state index contributed by atoms with van der Waals surface area (Å²) in [5.74, 6) is -3.08.